The highest BCUT2D eigenvalue weighted by Gasteiger charge is 2.03. The highest BCUT2D eigenvalue weighted by Crippen LogP contribution is 2.17. The van der Waals surface area contributed by atoms with Crippen molar-refractivity contribution in [1.29, 1.82) is 0 Å². The second kappa shape index (κ2) is 4.62. The van der Waals surface area contributed by atoms with E-state index in [2.05, 4.69) is 36.2 Å². The van der Waals surface area contributed by atoms with Gasteiger partial charge in [0.05, 0.1) is 5.52 Å². The van der Waals surface area contributed by atoms with Crippen LogP contribution in [0.2, 0.25) is 0 Å². The maximum absolute atomic E-state index is 9.03. The summed E-state index contributed by atoms with van der Waals surface area (Å²) in [5, 5.41) is 10.2. The molecule has 2 heteroatoms. The molecule has 0 radical (unpaired) electrons. The van der Waals surface area contributed by atoms with Gasteiger partial charge in [0.25, 0.3) is 0 Å². The van der Waals surface area contributed by atoms with Gasteiger partial charge in [0.1, 0.15) is 0 Å². The summed E-state index contributed by atoms with van der Waals surface area (Å²) >= 11 is 0. The fourth-order valence-corrected chi connectivity index (χ4v) is 1.87. The summed E-state index contributed by atoms with van der Waals surface area (Å²) in [7, 11) is 0. The second-order valence-corrected chi connectivity index (χ2v) is 4.47. The van der Waals surface area contributed by atoms with Gasteiger partial charge in [-0.05, 0) is 43.0 Å². The van der Waals surface area contributed by atoms with Gasteiger partial charge in [-0.15, -0.1) is 0 Å². The monoisotopic (exact) mass is 215 g/mol. The van der Waals surface area contributed by atoms with Crippen molar-refractivity contribution >= 4 is 10.9 Å². The molecular weight excluding hydrogens is 198 g/mol. The lowest BCUT2D eigenvalue weighted by Crippen LogP contribution is -2.04. The molecule has 2 aromatic rings. The molecule has 1 heterocycles. The van der Waals surface area contributed by atoms with Crippen LogP contribution in [0, 0.1) is 12.8 Å². The Balaban J connectivity index is 2.33. The number of rotatable bonds is 3. The molecule has 0 aliphatic carbocycles. The van der Waals surface area contributed by atoms with E-state index in [1.54, 1.807) is 0 Å². The first-order valence-electron chi connectivity index (χ1n) is 5.66. The molecule has 1 aromatic carbocycles. The lowest BCUT2D eigenvalue weighted by molar-refractivity contribution is 0.237. The van der Waals surface area contributed by atoms with Crippen molar-refractivity contribution in [1.82, 2.24) is 4.98 Å². The highest BCUT2D eigenvalue weighted by atomic mass is 16.3. The number of nitrogens with zero attached hydrogens (tertiary/aromatic N) is 1. The number of fused-ring (bicyclic) bond motifs is 1. The van der Waals surface area contributed by atoms with Gasteiger partial charge in [0.15, 0.2) is 0 Å². The third-order valence-electron chi connectivity index (χ3n) is 2.79. The third-order valence-corrected chi connectivity index (χ3v) is 2.79. The van der Waals surface area contributed by atoms with Crippen LogP contribution in [0.3, 0.4) is 0 Å². The van der Waals surface area contributed by atoms with E-state index >= 15 is 0 Å². The first kappa shape index (κ1) is 11.1. The van der Waals surface area contributed by atoms with Crippen LogP contribution in [0.1, 0.15) is 18.2 Å². The number of aromatic nitrogens is 1. The number of pyridine rings is 1. The minimum absolute atomic E-state index is 0.240. The van der Waals surface area contributed by atoms with Crippen LogP contribution in [-0.4, -0.2) is 16.7 Å². The quantitative estimate of drug-likeness (QED) is 0.854. The van der Waals surface area contributed by atoms with Gasteiger partial charge >= 0.3 is 0 Å². The maximum atomic E-state index is 9.03. The van der Waals surface area contributed by atoms with E-state index in [4.69, 9.17) is 5.11 Å². The van der Waals surface area contributed by atoms with Gasteiger partial charge < -0.3 is 5.11 Å². The van der Waals surface area contributed by atoms with E-state index in [1.165, 1.54) is 10.9 Å². The van der Waals surface area contributed by atoms with Crippen molar-refractivity contribution in [3.8, 4) is 0 Å². The molecule has 1 unspecified atom stereocenters. The average molecular weight is 215 g/mol. The number of aryl methyl sites for hydroxylation is 1. The van der Waals surface area contributed by atoms with E-state index < -0.39 is 0 Å². The zero-order chi connectivity index (χ0) is 11.5. The maximum Gasteiger partial charge on any atom is 0.0705 e. The molecule has 0 aliphatic heterocycles. The SMILES string of the molecule is Cc1ccc2cc(CC(C)CO)ccc2n1. The van der Waals surface area contributed by atoms with Crippen molar-refractivity contribution in [2.24, 2.45) is 5.92 Å². The van der Waals surface area contributed by atoms with Gasteiger partial charge in [-0.1, -0.05) is 19.1 Å². The molecule has 0 spiro atoms. The predicted octanol–water partition coefficient (Wildman–Crippen LogP) is 2.71. The molecule has 1 aromatic heterocycles. The first-order chi connectivity index (χ1) is 7.69. The van der Waals surface area contributed by atoms with Crippen LogP contribution < -0.4 is 0 Å². The van der Waals surface area contributed by atoms with E-state index in [9.17, 15) is 0 Å². The largest absolute Gasteiger partial charge is 0.396 e. The molecule has 0 amide bonds. The van der Waals surface area contributed by atoms with Gasteiger partial charge in [-0.3, -0.25) is 4.98 Å². The van der Waals surface area contributed by atoms with Gasteiger partial charge in [-0.2, -0.15) is 0 Å². The minimum Gasteiger partial charge on any atom is -0.396 e. The van der Waals surface area contributed by atoms with Crippen molar-refractivity contribution < 1.29 is 5.11 Å². The Morgan fingerprint density at radius 1 is 1.25 bits per heavy atom. The topological polar surface area (TPSA) is 33.1 Å². The van der Waals surface area contributed by atoms with Crippen LogP contribution in [0.15, 0.2) is 30.3 Å². The van der Waals surface area contributed by atoms with Gasteiger partial charge in [-0.25, -0.2) is 0 Å². The molecule has 0 saturated carbocycles. The Kier molecular flexibility index (Phi) is 3.20. The summed E-state index contributed by atoms with van der Waals surface area (Å²) in [6, 6.07) is 10.4. The predicted molar refractivity (Wildman–Crippen MR) is 66.4 cm³/mol. The summed E-state index contributed by atoms with van der Waals surface area (Å²) in [4.78, 5) is 4.47. The summed E-state index contributed by atoms with van der Waals surface area (Å²) < 4.78 is 0. The van der Waals surface area contributed by atoms with Crippen LogP contribution in [-0.2, 0) is 6.42 Å². The Morgan fingerprint density at radius 2 is 2.06 bits per heavy atom. The molecule has 1 atom stereocenters. The number of hydrogen-bond acceptors (Lipinski definition) is 2. The van der Waals surface area contributed by atoms with E-state index in [1.807, 2.05) is 13.0 Å². The van der Waals surface area contributed by atoms with Gasteiger partial charge in [0, 0.05) is 17.7 Å². The summed E-state index contributed by atoms with van der Waals surface area (Å²) in [5.74, 6) is 0.316. The van der Waals surface area contributed by atoms with Crippen LogP contribution in [0.25, 0.3) is 10.9 Å². The number of aliphatic hydroxyl groups is 1. The zero-order valence-electron chi connectivity index (χ0n) is 9.77. The fourth-order valence-electron chi connectivity index (χ4n) is 1.87. The summed E-state index contributed by atoms with van der Waals surface area (Å²) in [6.07, 6.45) is 0.917. The normalized spacial score (nSPS) is 12.9. The Labute approximate surface area is 96.0 Å². The van der Waals surface area contributed by atoms with Crippen molar-refractivity contribution in [2.75, 3.05) is 6.61 Å². The summed E-state index contributed by atoms with van der Waals surface area (Å²) in [6.45, 7) is 4.29. The molecule has 0 saturated heterocycles. The van der Waals surface area contributed by atoms with Gasteiger partial charge in [0.2, 0.25) is 0 Å². The number of hydrogen-bond donors (Lipinski definition) is 1. The van der Waals surface area contributed by atoms with Crippen molar-refractivity contribution in [3.63, 3.8) is 0 Å². The molecule has 84 valence electrons. The lowest BCUT2D eigenvalue weighted by atomic mass is 10.0. The minimum atomic E-state index is 0.240. The zero-order valence-corrected chi connectivity index (χ0v) is 9.77. The standard InChI is InChI=1S/C14H17NO/c1-10(9-16)7-12-4-6-14-13(8-12)5-3-11(2)15-14/h3-6,8,10,16H,7,9H2,1-2H3. The number of aliphatic hydroxyl groups excluding tert-OH is 1. The highest BCUT2D eigenvalue weighted by molar-refractivity contribution is 5.79. The Bertz CT molecular complexity index is 493. The molecule has 0 fully saturated rings. The van der Waals surface area contributed by atoms with Crippen LogP contribution in [0.4, 0.5) is 0 Å². The van der Waals surface area contributed by atoms with Crippen molar-refractivity contribution in [2.45, 2.75) is 20.3 Å². The molecule has 0 aliphatic rings. The summed E-state index contributed by atoms with van der Waals surface area (Å²) in [5.41, 5.74) is 3.35. The lowest BCUT2D eigenvalue weighted by Gasteiger charge is -2.08. The fraction of sp³-hybridized carbons (Fsp3) is 0.357. The number of benzene rings is 1. The third kappa shape index (κ3) is 2.39. The van der Waals surface area contributed by atoms with E-state index in [0.29, 0.717) is 5.92 Å². The van der Waals surface area contributed by atoms with E-state index in [0.717, 1.165) is 17.6 Å². The van der Waals surface area contributed by atoms with Crippen LogP contribution >= 0.6 is 0 Å². The Morgan fingerprint density at radius 3 is 2.81 bits per heavy atom. The molecule has 0 bridgehead atoms. The Hall–Kier alpha value is -1.41. The van der Waals surface area contributed by atoms with Crippen LogP contribution in [0.5, 0.6) is 0 Å². The molecular formula is C14H17NO. The molecule has 2 rings (SSSR count). The molecule has 16 heavy (non-hydrogen) atoms. The van der Waals surface area contributed by atoms with Crippen molar-refractivity contribution in [3.05, 3.63) is 41.6 Å². The van der Waals surface area contributed by atoms with E-state index in [-0.39, 0.29) is 6.61 Å². The average Bonchev–Trinajstić information content (AvgIpc) is 2.29. The second-order valence-electron chi connectivity index (χ2n) is 4.47. The molecule has 2 nitrogen and oxygen atoms in total. The molecule has 1 N–H and O–H groups in total. The smallest absolute Gasteiger partial charge is 0.0705 e. The first-order valence-corrected chi connectivity index (χ1v) is 5.66.